The monoisotopic (exact) mass is 314 g/mol. The minimum Gasteiger partial charge on any atom is -0.381 e. The van der Waals surface area contributed by atoms with Crippen LogP contribution in [0.2, 0.25) is 0 Å². The standard InChI is InChI=1S/C18H26N4O/c1-4-16-18(20-7-1)22(12-15-3-2-10-23-13-15)17(21-16)11-14-5-8-19-9-6-14/h1,4,7,14-15,19H,2-3,5-6,8-13H2. The first-order valence-electron chi connectivity index (χ1n) is 8.99. The predicted octanol–water partition coefficient (Wildman–Crippen LogP) is 2.40. The highest BCUT2D eigenvalue weighted by Crippen LogP contribution is 2.24. The van der Waals surface area contributed by atoms with Crippen LogP contribution in [-0.2, 0) is 17.7 Å². The maximum absolute atomic E-state index is 5.67. The maximum atomic E-state index is 5.67. The molecule has 2 aromatic heterocycles. The quantitative estimate of drug-likeness (QED) is 0.941. The summed E-state index contributed by atoms with van der Waals surface area (Å²) in [6.07, 6.45) is 7.89. The molecule has 4 rings (SSSR count). The van der Waals surface area contributed by atoms with Crippen molar-refractivity contribution >= 4 is 11.2 Å². The van der Waals surface area contributed by atoms with E-state index in [9.17, 15) is 0 Å². The number of pyridine rings is 1. The van der Waals surface area contributed by atoms with Crippen molar-refractivity contribution in [3.05, 3.63) is 24.2 Å². The van der Waals surface area contributed by atoms with Crippen molar-refractivity contribution in [2.24, 2.45) is 11.8 Å². The topological polar surface area (TPSA) is 52.0 Å². The van der Waals surface area contributed by atoms with Crippen molar-refractivity contribution in [1.29, 1.82) is 0 Å². The van der Waals surface area contributed by atoms with Crippen molar-refractivity contribution in [2.75, 3.05) is 26.3 Å². The van der Waals surface area contributed by atoms with Gasteiger partial charge < -0.3 is 14.6 Å². The first kappa shape index (κ1) is 15.1. The minimum atomic E-state index is 0.593. The molecule has 2 aromatic rings. The van der Waals surface area contributed by atoms with E-state index in [0.29, 0.717) is 5.92 Å². The van der Waals surface area contributed by atoms with E-state index in [2.05, 4.69) is 20.9 Å². The van der Waals surface area contributed by atoms with Gasteiger partial charge in [0.15, 0.2) is 5.65 Å². The van der Waals surface area contributed by atoms with Gasteiger partial charge in [0.05, 0.1) is 6.61 Å². The Labute approximate surface area is 137 Å². The van der Waals surface area contributed by atoms with Gasteiger partial charge in [0.2, 0.25) is 0 Å². The lowest BCUT2D eigenvalue weighted by atomic mass is 9.94. The normalized spacial score (nSPS) is 23.4. The summed E-state index contributed by atoms with van der Waals surface area (Å²) in [4.78, 5) is 9.52. The fraction of sp³-hybridized carbons (Fsp3) is 0.667. The molecule has 2 fully saturated rings. The Balaban J connectivity index is 1.60. The summed E-state index contributed by atoms with van der Waals surface area (Å²) in [6, 6.07) is 4.07. The highest BCUT2D eigenvalue weighted by Gasteiger charge is 2.22. The van der Waals surface area contributed by atoms with Gasteiger partial charge in [-0.2, -0.15) is 0 Å². The summed E-state index contributed by atoms with van der Waals surface area (Å²) in [5.41, 5.74) is 2.08. The number of hydrogen-bond donors (Lipinski definition) is 1. The molecule has 0 aliphatic carbocycles. The Morgan fingerprint density at radius 1 is 1.22 bits per heavy atom. The molecule has 2 aliphatic heterocycles. The van der Waals surface area contributed by atoms with E-state index in [-0.39, 0.29) is 0 Å². The fourth-order valence-electron chi connectivity index (χ4n) is 3.91. The SMILES string of the molecule is c1cnc2c(c1)nc(CC1CCNCC1)n2CC1CCCOC1. The molecule has 1 N–H and O–H groups in total. The zero-order valence-corrected chi connectivity index (χ0v) is 13.7. The second-order valence-corrected chi connectivity index (χ2v) is 6.97. The van der Waals surface area contributed by atoms with Crippen molar-refractivity contribution in [1.82, 2.24) is 19.9 Å². The molecule has 0 bridgehead atoms. The summed E-state index contributed by atoms with van der Waals surface area (Å²) in [6.45, 7) is 5.06. The minimum absolute atomic E-state index is 0.593. The number of fused-ring (bicyclic) bond motifs is 1. The zero-order valence-electron chi connectivity index (χ0n) is 13.7. The molecule has 0 amide bonds. The molecular formula is C18H26N4O. The van der Waals surface area contributed by atoms with E-state index in [0.717, 1.165) is 56.4 Å². The summed E-state index contributed by atoms with van der Waals surface area (Å²) >= 11 is 0. The molecule has 124 valence electrons. The van der Waals surface area contributed by atoms with Crippen LogP contribution in [0, 0.1) is 11.8 Å². The number of piperidine rings is 1. The average molecular weight is 314 g/mol. The largest absolute Gasteiger partial charge is 0.381 e. The summed E-state index contributed by atoms with van der Waals surface area (Å²) in [5.74, 6) is 2.56. The predicted molar refractivity (Wildman–Crippen MR) is 90.4 cm³/mol. The molecule has 5 nitrogen and oxygen atoms in total. The van der Waals surface area contributed by atoms with Gasteiger partial charge >= 0.3 is 0 Å². The molecule has 0 spiro atoms. The second kappa shape index (κ2) is 6.97. The zero-order chi connectivity index (χ0) is 15.5. The van der Waals surface area contributed by atoms with Gasteiger partial charge in [0.25, 0.3) is 0 Å². The molecule has 5 heteroatoms. The Morgan fingerprint density at radius 2 is 2.13 bits per heavy atom. The first-order valence-corrected chi connectivity index (χ1v) is 8.99. The Hall–Kier alpha value is -1.46. The van der Waals surface area contributed by atoms with E-state index in [4.69, 9.17) is 9.72 Å². The number of aromatic nitrogens is 3. The number of hydrogen-bond acceptors (Lipinski definition) is 4. The number of imidazole rings is 1. The molecule has 1 atom stereocenters. The summed E-state index contributed by atoms with van der Waals surface area (Å²) in [7, 11) is 0. The van der Waals surface area contributed by atoms with Crippen LogP contribution in [0.15, 0.2) is 18.3 Å². The summed E-state index contributed by atoms with van der Waals surface area (Å²) < 4.78 is 8.04. The van der Waals surface area contributed by atoms with Gasteiger partial charge in [-0.25, -0.2) is 9.97 Å². The molecule has 1 unspecified atom stereocenters. The highest BCUT2D eigenvalue weighted by molar-refractivity contribution is 5.71. The van der Waals surface area contributed by atoms with Crippen LogP contribution in [-0.4, -0.2) is 40.8 Å². The number of nitrogens with zero attached hydrogens (tertiary/aromatic N) is 3. The lowest BCUT2D eigenvalue weighted by molar-refractivity contribution is 0.0483. The molecule has 0 saturated carbocycles. The Kier molecular flexibility index (Phi) is 4.57. The smallest absolute Gasteiger partial charge is 0.159 e. The lowest BCUT2D eigenvalue weighted by Gasteiger charge is -2.25. The summed E-state index contributed by atoms with van der Waals surface area (Å²) in [5, 5.41) is 3.45. The van der Waals surface area contributed by atoms with Crippen LogP contribution in [0.3, 0.4) is 0 Å². The average Bonchev–Trinajstić information content (AvgIpc) is 2.94. The van der Waals surface area contributed by atoms with Gasteiger partial charge in [0, 0.05) is 31.7 Å². The molecular weight excluding hydrogens is 288 g/mol. The first-order chi connectivity index (χ1) is 11.4. The molecule has 2 aliphatic rings. The van der Waals surface area contributed by atoms with Crippen LogP contribution in [0.25, 0.3) is 11.2 Å². The highest BCUT2D eigenvalue weighted by atomic mass is 16.5. The van der Waals surface area contributed by atoms with Crippen LogP contribution in [0.5, 0.6) is 0 Å². The van der Waals surface area contributed by atoms with Gasteiger partial charge in [-0.15, -0.1) is 0 Å². The molecule has 0 radical (unpaired) electrons. The van der Waals surface area contributed by atoms with E-state index in [1.165, 1.54) is 31.5 Å². The third kappa shape index (κ3) is 3.40. The van der Waals surface area contributed by atoms with Gasteiger partial charge in [0.1, 0.15) is 11.3 Å². The van der Waals surface area contributed by atoms with Crippen molar-refractivity contribution in [2.45, 2.75) is 38.6 Å². The molecule has 0 aromatic carbocycles. The molecule has 23 heavy (non-hydrogen) atoms. The Bertz CT molecular complexity index is 642. The van der Waals surface area contributed by atoms with Gasteiger partial charge in [-0.1, -0.05) is 0 Å². The van der Waals surface area contributed by atoms with Crippen molar-refractivity contribution in [3.63, 3.8) is 0 Å². The van der Waals surface area contributed by atoms with E-state index >= 15 is 0 Å². The Morgan fingerprint density at radius 3 is 2.96 bits per heavy atom. The van der Waals surface area contributed by atoms with Crippen LogP contribution >= 0.6 is 0 Å². The number of rotatable bonds is 4. The maximum Gasteiger partial charge on any atom is 0.159 e. The third-order valence-corrected chi connectivity index (χ3v) is 5.21. The fourth-order valence-corrected chi connectivity index (χ4v) is 3.91. The number of ether oxygens (including phenoxy) is 1. The van der Waals surface area contributed by atoms with E-state index in [1.807, 2.05) is 12.3 Å². The third-order valence-electron chi connectivity index (χ3n) is 5.21. The number of nitrogens with one attached hydrogen (secondary N) is 1. The van der Waals surface area contributed by atoms with Crippen LogP contribution < -0.4 is 5.32 Å². The van der Waals surface area contributed by atoms with Crippen LogP contribution in [0.4, 0.5) is 0 Å². The molecule has 4 heterocycles. The van der Waals surface area contributed by atoms with E-state index < -0.39 is 0 Å². The van der Waals surface area contributed by atoms with Gasteiger partial charge in [-0.3, -0.25) is 0 Å². The van der Waals surface area contributed by atoms with Crippen LogP contribution in [0.1, 0.15) is 31.5 Å². The second-order valence-electron chi connectivity index (χ2n) is 6.97. The van der Waals surface area contributed by atoms with Crippen molar-refractivity contribution < 1.29 is 4.74 Å². The van der Waals surface area contributed by atoms with Gasteiger partial charge in [-0.05, 0) is 56.8 Å². The molecule has 2 saturated heterocycles. The van der Waals surface area contributed by atoms with Crippen molar-refractivity contribution in [3.8, 4) is 0 Å². The van der Waals surface area contributed by atoms with E-state index in [1.54, 1.807) is 0 Å². The lowest BCUT2D eigenvalue weighted by Crippen LogP contribution is -2.29.